The van der Waals surface area contributed by atoms with E-state index in [2.05, 4.69) is 26.8 Å². The van der Waals surface area contributed by atoms with Crippen LogP contribution in [0.3, 0.4) is 0 Å². The van der Waals surface area contributed by atoms with Crippen LogP contribution in [0.4, 0.5) is 0 Å². The van der Waals surface area contributed by atoms with E-state index in [1.807, 2.05) is 6.08 Å². The summed E-state index contributed by atoms with van der Waals surface area (Å²) in [6.45, 7) is 7.13. The molecular formula is C23H30O3. The van der Waals surface area contributed by atoms with E-state index in [9.17, 15) is 9.59 Å². The highest BCUT2D eigenvalue weighted by Crippen LogP contribution is 2.68. The van der Waals surface area contributed by atoms with Crippen molar-refractivity contribution >= 4 is 11.8 Å². The van der Waals surface area contributed by atoms with Crippen LogP contribution in [-0.2, 0) is 14.3 Å². The monoisotopic (exact) mass is 354 g/mol. The lowest BCUT2D eigenvalue weighted by Crippen LogP contribution is -2.52. The zero-order chi connectivity index (χ0) is 18.3. The van der Waals surface area contributed by atoms with Gasteiger partial charge in [0.1, 0.15) is 5.60 Å². The number of esters is 1. The van der Waals surface area contributed by atoms with Gasteiger partial charge in [0.05, 0.1) is 0 Å². The predicted molar refractivity (Wildman–Crippen MR) is 99.3 cm³/mol. The number of rotatable bonds is 0. The smallest absolute Gasteiger partial charge is 0.306 e. The molecule has 0 N–H and O–H groups in total. The Labute approximate surface area is 156 Å². The molecule has 140 valence electrons. The first-order chi connectivity index (χ1) is 12.3. The van der Waals surface area contributed by atoms with E-state index in [0.29, 0.717) is 36.4 Å². The molecule has 0 aromatic heterocycles. The quantitative estimate of drug-likeness (QED) is 0.465. The van der Waals surface area contributed by atoms with Gasteiger partial charge in [-0.1, -0.05) is 38.0 Å². The van der Waals surface area contributed by atoms with Crippen LogP contribution in [0.15, 0.2) is 23.3 Å². The molecule has 4 aliphatic carbocycles. The maximum atomic E-state index is 12.0. The molecule has 1 heterocycles. The first-order valence-corrected chi connectivity index (χ1v) is 10.5. The van der Waals surface area contributed by atoms with Gasteiger partial charge in [-0.25, -0.2) is 0 Å². The van der Waals surface area contributed by atoms with Crippen molar-refractivity contribution in [2.75, 3.05) is 0 Å². The molecule has 3 heteroatoms. The Hall–Kier alpha value is -1.38. The van der Waals surface area contributed by atoms with E-state index in [1.54, 1.807) is 5.57 Å². The molecule has 5 aliphatic rings. The summed E-state index contributed by atoms with van der Waals surface area (Å²) >= 11 is 0. The third kappa shape index (κ3) is 1.90. The highest BCUT2D eigenvalue weighted by Gasteiger charge is 2.66. The van der Waals surface area contributed by atoms with Gasteiger partial charge < -0.3 is 4.74 Å². The Morgan fingerprint density at radius 1 is 1.12 bits per heavy atom. The van der Waals surface area contributed by atoms with Crippen molar-refractivity contribution in [3.63, 3.8) is 0 Å². The van der Waals surface area contributed by atoms with Crippen molar-refractivity contribution in [2.24, 2.45) is 28.6 Å². The molecule has 3 fully saturated rings. The first-order valence-electron chi connectivity index (χ1n) is 10.5. The minimum atomic E-state index is -0.226. The molecule has 3 nitrogen and oxygen atoms in total. The van der Waals surface area contributed by atoms with Crippen molar-refractivity contribution < 1.29 is 14.3 Å². The van der Waals surface area contributed by atoms with Crippen LogP contribution in [0.1, 0.15) is 72.1 Å². The molecular weight excluding hydrogens is 324 g/mol. The summed E-state index contributed by atoms with van der Waals surface area (Å²) in [4.78, 5) is 24.0. The lowest BCUT2D eigenvalue weighted by Gasteiger charge is -2.56. The van der Waals surface area contributed by atoms with E-state index in [-0.39, 0.29) is 22.4 Å². The SMILES string of the molecule is C[C@@H]1CC2=CC(=O)CC[C@]2(C)C2=CC[C@@]3(C)C(CC[C@@]34CCC(=O)O4)C21. The van der Waals surface area contributed by atoms with Crippen molar-refractivity contribution in [3.05, 3.63) is 23.3 Å². The van der Waals surface area contributed by atoms with Gasteiger partial charge in [-0.05, 0) is 62.4 Å². The van der Waals surface area contributed by atoms with Gasteiger partial charge in [0.25, 0.3) is 0 Å². The Morgan fingerprint density at radius 3 is 2.65 bits per heavy atom. The minimum Gasteiger partial charge on any atom is -0.458 e. The highest BCUT2D eigenvalue weighted by atomic mass is 16.6. The summed E-state index contributed by atoms with van der Waals surface area (Å²) in [5.74, 6) is 2.04. The summed E-state index contributed by atoms with van der Waals surface area (Å²) < 4.78 is 6.02. The van der Waals surface area contributed by atoms with Crippen molar-refractivity contribution in [1.29, 1.82) is 0 Å². The molecule has 2 unspecified atom stereocenters. The molecule has 26 heavy (non-hydrogen) atoms. The molecule has 2 saturated carbocycles. The molecule has 0 aromatic carbocycles. The number of carbonyl (C=O) groups is 2. The van der Waals surface area contributed by atoms with E-state index in [4.69, 9.17) is 4.74 Å². The fraction of sp³-hybridized carbons (Fsp3) is 0.739. The zero-order valence-electron chi connectivity index (χ0n) is 16.3. The van der Waals surface area contributed by atoms with Crippen LogP contribution in [0.2, 0.25) is 0 Å². The van der Waals surface area contributed by atoms with Crippen molar-refractivity contribution in [1.82, 2.24) is 0 Å². The standard InChI is InChI=1S/C23H30O3/c1-14-12-15-13-16(24)4-8-21(15,2)17-5-9-22(3)18(20(14)17)6-10-23(22)11-7-19(25)26-23/h5,13-14,18,20H,4,6-12H2,1-3H3/t14-,18?,20?,21+,22+,23-/m1/s1. The van der Waals surface area contributed by atoms with Gasteiger partial charge in [0.2, 0.25) is 0 Å². The number of fused-ring (bicyclic) bond motifs is 6. The maximum absolute atomic E-state index is 12.0. The predicted octanol–water partition coefficient (Wildman–Crippen LogP) is 4.76. The number of ketones is 1. The van der Waals surface area contributed by atoms with Crippen LogP contribution in [-0.4, -0.2) is 17.4 Å². The third-order valence-electron chi connectivity index (χ3n) is 9.01. The summed E-state index contributed by atoms with van der Waals surface area (Å²) in [5, 5.41) is 0. The lowest BCUT2D eigenvalue weighted by atomic mass is 9.48. The molecule has 1 saturated heterocycles. The molecule has 6 atom stereocenters. The van der Waals surface area contributed by atoms with Crippen LogP contribution >= 0.6 is 0 Å². The molecule has 0 amide bonds. The van der Waals surface area contributed by atoms with Crippen LogP contribution in [0, 0.1) is 28.6 Å². The Balaban J connectivity index is 1.59. The van der Waals surface area contributed by atoms with Gasteiger partial charge in [-0.15, -0.1) is 0 Å². The van der Waals surface area contributed by atoms with Gasteiger partial charge in [0, 0.05) is 23.7 Å². The molecule has 5 rings (SSSR count). The van der Waals surface area contributed by atoms with Crippen molar-refractivity contribution in [2.45, 2.75) is 77.7 Å². The van der Waals surface area contributed by atoms with E-state index in [1.165, 1.54) is 12.0 Å². The molecule has 1 spiro atoms. The minimum absolute atomic E-state index is 0.00122. The Kier molecular flexibility index (Phi) is 3.30. The summed E-state index contributed by atoms with van der Waals surface area (Å²) in [7, 11) is 0. The number of allylic oxidation sites excluding steroid dienone is 4. The zero-order valence-corrected chi connectivity index (χ0v) is 16.3. The third-order valence-corrected chi connectivity index (χ3v) is 9.01. The van der Waals surface area contributed by atoms with E-state index in [0.717, 1.165) is 32.1 Å². The Morgan fingerprint density at radius 2 is 1.92 bits per heavy atom. The summed E-state index contributed by atoms with van der Waals surface area (Å²) in [6, 6.07) is 0. The second-order valence-corrected chi connectivity index (χ2v) is 10.1. The largest absolute Gasteiger partial charge is 0.458 e. The fourth-order valence-corrected chi connectivity index (χ4v) is 7.46. The normalized spacial score (nSPS) is 49.9. The number of carbonyl (C=O) groups excluding carboxylic acids is 2. The van der Waals surface area contributed by atoms with Crippen LogP contribution < -0.4 is 0 Å². The van der Waals surface area contributed by atoms with Gasteiger partial charge in [0.15, 0.2) is 5.78 Å². The number of hydrogen-bond donors (Lipinski definition) is 0. The molecule has 0 radical (unpaired) electrons. The van der Waals surface area contributed by atoms with Gasteiger partial charge in [-0.3, -0.25) is 9.59 Å². The molecule has 0 bridgehead atoms. The van der Waals surface area contributed by atoms with Crippen LogP contribution in [0.25, 0.3) is 0 Å². The first kappa shape index (κ1) is 16.8. The number of ether oxygens (including phenoxy) is 1. The maximum Gasteiger partial charge on any atom is 0.306 e. The van der Waals surface area contributed by atoms with E-state index < -0.39 is 0 Å². The van der Waals surface area contributed by atoms with Gasteiger partial charge in [-0.2, -0.15) is 0 Å². The lowest BCUT2D eigenvalue weighted by molar-refractivity contribution is -0.160. The average Bonchev–Trinajstić information content (AvgIpc) is 3.11. The molecule has 1 aliphatic heterocycles. The summed E-state index contributed by atoms with van der Waals surface area (Å²) in [6.07, 6.45) is 11.9. The van der Waals surface area contributed by atoms with Crippen molar-refractivity contribution in [3.8, 4) is 0 Å². The second kappa shape index (κ2) is 5.11. The highest BCUT2D eigenvalue weighted by molar-refractivity contribution is 5.92. The summed E-state index contributed by atoms with van der Waals surface area (Å²) in [5.41, 5.74) is 2.89. The topological polar surface area (TPSA) is 43.4 Å². The average molecular weight is 354 g/mol. The van der Waals surface area contributed by atoms with Crippen LogP contribution in [0.5, 0.6) is 0 Å². The molecule has 0 aromatic rings. The second-order valence-electron chi connectivity index (χ2n) is 10.1. The Bertz CT molecular complexity index is 761. The number of hydrogen-bond acceptors (Lipinski definition) is 3. The van der Waals surface area contributed by atoms with Gasteiger partial charge >= 0.3 is 5.97 Å². The van der Waals surface area contributed by atoms with E-state index >= 15 is 0 Å². The fourth-order valence-electron chi connectivity index (χ4n) is 7.46.